The van der Waals surface area contributed by atoms with Gasteiger partial charge in [0.05, 0.1) is 19.3 Å². The van der Waals surface area contributed by atoms with Gasteiger partial charge in [-0.05, 0) is 6.92 Å². The standard InChI is InChI=1S/C11H22O9/c1-4(14)10(5(15)2-12)20-11-9(18)8(17)7(16)6(3-13)19-11/h4-18H,2-3H2,1H3/t4?,5?,6-,7-,8+,9-,10?,11?/m1/s1. The second kappa shape index (κ2) is 7.59. The summed E-state index contributed by atoms with van der Waals surface area (Å²) in [7, 11) is 0. The van der Waals surface area contributed by atoms with Crippen LogP contribution < -0.4 is 0 Å². The molecule has 20 heavy (non-hydrogen) atoms. The van der Waals surface area contributed by atoms with Gasteiger partial charge in [0.25, 0.3) is 0 Å². The summed E-state index contributed by atoms with van der Waals surface area (Å²) in [5, 5.41) is 65.8. The Kier molecular flexibility index (Phi) is 6.72. The number of hydrogen-bond acceptors (Lipinski definition) is 9. The Morgan fingerprint density at radius 3 is 2.10 bits per heavy atom. The van der Waals surface area contributed by atoms with Crippen LogP contribution in [0.2, 0.25) is 0 Å². The minimum Gasteiger partial charge on any atom is -0.394 e. The highest BCUT2D eigenvalue weighted by atomic mass is 16.7. The van der Waals surface area contributed by atoms with E-state index in [0.29, 0.717) is 0 Å². The quantitative estimate of drug-likeness (QED) is 0.258. The lowest BCUT2D eigenvalue weighted by Gasteiger charge is -2.41. The minimum absolute atomic E-state index is 0.618. The van der Waals surface area contributed by atoms with Crippen LogP contribution >= 0.6 is 0 Å². The van der Waals surface area contributed by atoms with E-state index in [-0.39, 0.29) is 0 Å². The van der Waals surface area contributed by atoms with Crippen LogP contribution in [-0.2, 0) is 9.47 Å². The van der Waals surface area contributed by atoms with Crippen LogP contribution in [0.4, 0.5) is 0 Å². The van der Waals surface area contributed by atoms with E-state index < -0.39 is 62.2 Å². The molecule has 0 radical (unpaired) electrons. The van der Waals surface area contributed by atoms with E-state index in [0.717, 1.165) is 0 Å². The molecule has 1 saturated heterocycles. The van der Waals surface area contributed by atoms with E-state index in [4.69, 9.17) is 19.7 Å². The summed E-state index contributed by atoms with van der Waals surface area (Å²) in [6, 6.07) is 0. The van der Waals surface area contributed by atoms with Crippen molar-refractivity contribution >= 4 is 0 Å². The minimum atomic E-state index is -1.64. The van der Waals surface area contributed by atoms with Crippen LogP contribution in [0.25, 0.3) is 0 Å². The van der Waals surface area contributed by atoms with Gasteiger partial charge in [0.15, 0.2) is 6.29 Å². The maximum absolute atomic E-state index is 9.74. The molecule has 4 unspecified atom stereocenters. The van der Waals surface area contributed by atoms with Gasteiger partial charge in [-0.3, -0.25) is 0 Å². The fourth-order valence-corrected chi connectivity index (χ4v) is 1.96. The maximum Gasteiger partial charge on any atom is 0.187 e. The second-order valence-corrected chi connectivity index (χ2v) is 4.79. The van der Waals surface area contributed by atoms with E-state index in [1.165, 1.54) is 6.92 Å². The maximum atomic E-state index is 9.74. The summed E-state index contributed by atoms with van der Waals surface area (Å²) in [6.45, 7) is -0.00670. The van der Waals surface area contributed by atoms with Crippen molar-refractivity contribution in [1.82, 2.24) is 0 Å². The molecule has 0 aromatic rings. The van der Waals surface area contributed by atoms with Crippen LogP contribution in [0.3, 0.4) is 0 Å². The van der Waals surface area contributed by atoms with Gasteiger partial charge in [-0.25, -0.2) is 0 Å². The molecular weight excluding hydrogens is 276 g/mol. The SMILES string of the molecule is CC(O)C(OC1O[C@H](CO)[C@@H](O)[C@H](O)[C@H]1O)C(O)CO. The number of aliphatic hydroxyl groups excluding tert-OH is 7. The zero-order valence-corrected chi connectivity index (χ0v) is 11.0. The van der Waals surface area contributed by atoms with Crippen molar-refractivity contribution in [3.63, 3.8) is 0 Å². The first-order valence-corrected chi connectivity index (χ1v) is 6.26. The van der Waals surface area contributed by atoms with Gasteiger partial charge in [0, 0.05) is 0 Å². The predicted octanol–water partition coefficient (Wildman–Crippen LogP) is -4.09. The van der Waals surface area contributed by atoms with E-state index in [1.807, 2.05) is 0 Å². The summed E-state index contributed by atoms with van der Waals surface area (Å²) in [5.41, 5.74) is 0. The first kappa shape index (κ1) is 17.7. The molecule has 1 heterocycles. The van der Waals surface area contributed by atoms with E-state index in [1.54, 1.807) is 0 Å². The largest absolute Gasteiger partial charge is 0.394 e. The Balaban J connectivity index is 2.78. The van der Waals surface area contributed by atoms with Crippen LogP contribution in [0, 0.1) is 0 Å². The molecule has 0 bridgehead atoms. The molecule has 1 aliphatic heterocycles. The average Bonchev–Trinajstić information content (AvgIpc) is 2.43. The van der Waals surface area contributed by atoms with Gasteiger partial charge >= 0.3 is 0 Å². The zero-order chi connectivity index (χ0) is 15.4. The molecule has 0 aromatic heterocycles. The fourth-order valence-electron chi connectivity index (χ4n) is 1.96. The van der Waals surface area contributed by atoms with Gasteiger partial charge < -0.3 is 45.2 Å². The predicted molar refractivity (Wildman–Crippen MR) is 63.4 cm³/mol. The van der Waals surface area contributed by atoms with Crippen molar-refractivity contribution in [2.45, 2.75) is 55.9 Å². The van der Waals surface area contributed by atoms with Gasteiger partial charge in [-0.2, -0.15) is 0 Å². The van der Waals surface area contributed by atoms with E-state index in [2.05, 4.69) is 0 Å². The third kappa shape index (κ3) is 3.85. The Labute approximate surface area is 115 Å². The zero-order valence-electron chi connectivity index (χ0n) is 11.0. The molecule has 0 spiro atoms. The number of rotatable bonds is 6. The van der Waals surface area contributed by atoms with Crippen molar-refractivity contribution in [2.24, 2.45) is 0 Å². The Morgan fingerprint density at radius 1 is 1.05 bits per heavy atom. The number of ether oxygens (including phenoxy) is 2. The molecule has 8 atom stereocenters. The molecule has 120 valence electrons. The van der Waals surface area contributed by atoms with Gasteiger partial charge in [-0.15, -0.1) is 0 Å². The second-order valence-electron chi connectivity index (χ2n) is 4.79. The first-order valence-electron chi connectivity index (χ1n) is 6.26. The monoisotopic (exact) mass is 298 g/mol. The Hall–Kier alpha value is -0.360. The van der Waals surface area contributed by atoms with Crippen molar-refractivity contribution in [2.75, 3.05) is 13.2 Å². The Morgan fingerprint density at radius 2 is 1.65 bits per heavy atom. The molecule has 0 amide bonds. The molecule has 1 fully saturated rings. The van der Waals surface area contributed by atoms with E-state index in [9.17, 15) is 25.5 Å². The number of aliphatic hydroxyl groups is 7. The van der Waals surface area contributed by atoms with Gasteiger partial charge in [-0.1, -0.05) is 0 Å². The van der Waals surface area contributed by atoms with Gasteiger partial charge in [0.2, 0.25) is 0 Å². The highest BCUT2D eigenvalue weighted by Crippen LogP contribution is 2.24. The summed E-state index contributed by atoms with van der Waals surface area (Å²) in [6.07, 6.45) is -11.3. The van der Waals surface area contributed by atoms with E-state index >= 15 is 0 Å². The lowest BCUT2D eigenvalue weighted by atomic mass is 9.99. The molecule has 9 heteroatoms. The molecule has 0 aliphatic carbocycles. The van der Waals surface area contributed by atoms with Gasteiger partial charge in [0.1, 0.15) is 36.6 Å². The topological polar surface area (TPSA) is 160 Å². The third-order valence-corrected chi connectivity index (χ3v) is 3.18. The summed E-state index contributed by atoms with van der Waals surface area (Å²) < 4.78 is 10.2. The lowest BCUT2D eigenvalue weighted by Crippen LogP contribution is -2.60. The summed E-state index contributed by atoms with van der Waals surface area (Å²) in [5.74, 6) is 0. The molecule has 1 rings (SSSR count). The third-order valence-electron chi connectivity index (χ3n) is 3.18. The van der Waals surface area contributed by atoms with Crippen LogP contribution in [0.5, 0.6) is 0 Å². The smallest absolute Gasteiger partial charge is 0.187 e. The molecule has 0 saturated carbocycles. The molecule has 9 nitrogen and oxygen atoms in total. The Bertz CT molecular complexity index is 285. The molecule has 1 aliphatic rings. The number of hydrogen-bond donors (Lipinski definition) is 7. The average molecular weight is 298 g/mol. The summed E-state index contributed by atoms with van der Waals surface area (Å²) in [4.78, 5) is 0. The van der Waals surface area contributed by atoms with Crippen molar-refractivity contribution in [3.05, 3.63) is 0 Å². The first-order chi connectivity index (χ1) is 9.33. The molecular formula is C11H22O9. The van der Waals surface area contributed by atoms with Crippen molar-refractivity contribution in [3.8, 4) is 0 Å². The van der Waals surface area contributed by atoms with Crippen molar-refractivity contribution in [1.29, 1.82) is 0 Å². The summed E-state index contributed by atoms with van der Waals surface area (Å²) >= 11 is 0. The molecule has 0 aromatic carbocycles. The highest BCUT2D eigenvalue weighted by Gasteiger charge is 2.45. The normalized spacial score (nSPS) is 39.3. The molecule has 7 N–H and O–H groups in total. The highest BCUT2D eigenvalue weighted by molar-refractivity contribution is 4.90. The van der Waals surface area contributed by atoms with Crippen molar-refractivity contribution < 1.29 is 45.2 Å². The lowest BCUT2D eigenvalue weighted by molar-refractivity contribution is -0.323. The van der Waals surface area contributed by atoms with Crippen LogP contribution in [0.15, 0.2) is 0 Å². The fraction of sp³-hybridized carbons (Fsp3) is 1.00. The van der Waals surface area contributed by atoms with Crippen LogP contribution in [-0.4, -0.2) is 98.0 Å². The van der Waals surface area contributed by atoms with Crippen LogP contribution in [0.1, 0.15) is 6.92 Å².